The van der Waals surface area contributed by atoms with Gasteiger partial charge in [0.1, 0.15) is 0 Å². The van der Waals surface area contributed by atoms with Crippen LogP contribution < -0.4 is 0 Å². The molecule has 3 nitrogen and oxygen atoms in total. The fourth-order valence-electron chi connectivity index (χ4n) is 0. The summed E-state index contributed by atoms with van der Waals surface area (Å²) in [7, 11) is 0. The average Bonchev–Trinajstić information content (AvgIpc) is 1.63. The van der Waals surface area contributed by atoms with Crippen LogP contribution in [-0.2, 0) is 0 Å². The Balaban J connectivity index is 0. The predicted octanol–water partition coefficient (Wildman–Crippen LogP) is 2.17. The molecule has 7 heteroatoms. The molecule has 0 aromatic heterocycles. The van der Waals surface area contributed by atoms with Crippen LogP contribution in [0.15, 0.2) is 11.2 Å². The Morgan fingerprint density at radius 3 is 1.30 bits per heavy atom. The highest BCUT2D eigenvalue weighted by Gasteiger charge is 1.93. The molecule has 0 fully saturated rings. The van der Waals surface area contributed by atoms with Crippen LogP contribution in [0.2, 0.25) is 0 Å². The summed E-state index contributed by atoms with van der Waals surface area (Å²) in [6, 6.07) is 0. The van der Waals surface area contributed by atoms with E-state index in [0.717, 1.165) is 0 Å². The van der Waals surface area contributed by atoms with Crippen molar-refractivity contribution < 1.29 is 28.2 Å². The van der Waals surface area contributed by atoms with Gasteiger partial charge in [0.25, 0.3) is 0 Å². The molecule has 0 saturated carbocycles. The summed E-state index contributed by atoms with van der Waals surface area (Å²) in [5.41, 5.74) is 0. The minimum atomic E-state index is -2.38. The average molecular weight is 176 g/mol. The predicted molar refractivity (Wildman–Crippen MR) is 30.0 cm³/mol. The lowest BCUT2D eigenvalue weighted by atomic mass is 11.1. The van der Waals surface area contributed by atoms with Crippen LogP contribution in [0.3, 0.4) is 0 Å². The molecule has 10 heavy (non-hydrogen) atoms. The Morgan fingerprint density at radius 2 is 1.30 bits per heavy atom. The van der Waals surface area contributed by atoms with Gasteiger partial charge in [0, 0.05) is 0 Å². The monoisotopic (exact) mass is 176 g/mol. The second kappa shape index (κ2) is 6.27. The molecule has 0 amide bonds. The van der Waals surface area contributed by atoms with E-state index in [4.69, 9.17) is 15.0 Å². The van der Waals surface area contributed by atoms with E-state index in [0.29, 0.717) is 0 Å². The quantitative estimate of drug-likeness (QED) is 0.496. The minimum absolute atomic E-state index is 1.71. The van der Waals surface area contributed by atoms with Crippen molar-refractivity contribution in [3.05, 3.63) is 11.2 Å². The van der Waals surface area contributed by atoms with Crippen LogP contribution in [0.25, 0.3) is 0 Å². The molecular formula is C3H3F3O3S. The second-order valence-electron chi connectivity index (χ2n) is 0.834. The maximum atomic E-state index is 10.8. The third-order valence-electron chi connectivity index (χ3n) is 0.156. The first kappa shape index (κ1) is 11.9. The minimum Gasteiger partial charge on any atom is -0.450 e. The van der Waals surface area contributed by atoms with E-state index < -0.39 is 17.4 Å². The molecule has 0 aromatic carbocycles. The SMILES string of the molecule is FC(F)=C(F)S.O=C(O)O. The second-order valence-corrected chi connectivity index (χ2v) is 1.23. The van der Waals surface area contributed by atoms with Crippen molar-refractivity contribution in [2.24, 2.45) is 0 Å². The molecular weight excluding hydrogens is 173 g/mol. The maximum Gasteiger partial charge on any atom is 0.503 e. The number of rotatable bonds is 0. The van der Waals surface area contributed by atoms with Gasteiger partial charge in [-0.1, -0.05) is 0 Å². The molecule has 0 bridgehead atoms. The van der Waals surface area contributed by atoms with Gasteiger partial charge >= 0.3 is 12.2 Å². The Kier molecular flexibility index (Phi) is 7.46. The molecule has 0 spiro atoms. The molecule has 0 rings (SSSR count). The number of carbonyl (C=O) groups is 1. The molecule has 0 saturated heterocycles. The first-order chi connectivity index (χ1) is 4.37. The highest BCUT2D eigenvalue weighted by atomic mass is 32.1. The third kappa shape index (κ3) is 27.3. The molecule has 0 aromatic rings. The first-order valence-electron chi connectivity index (χ1n) is 1.69. The highest BCUT2D eigenvalue weighted by molar-refractivity contribution is 7.84. The van der Waals surface area contributed by atoms with Gasteiger partial charge in [-0.3, -0.25) is 0 Å². The van der Waals surface area contributed by atoms with Crippen molar-refractivity contribution in [1.82, 2.24) is 0 Å². The molecule has 0 radical (unpaired) electrons. The fourth-order valence-corrected chi connectivity index (χ4v) is 0. The van der Waals surface area contributed by atoms with Crippen molar-refractivity contribution in [2.45, 2.75) is 0 Å². The lowest BCUT2D eigenvalue weighted by Gasteiger charge is -1.72. The number of hydrogen-bond donors (Lipinski definition) is 3. The van der Waals surface area contributed by atoms with Gasteiger partial charge in [-0.2, -0.15) is 13.2 Å². The van der Waals surface area contributed by atoms with Crippen molar-refractivity contribution in [1.29, 1.82) is 0 Å². The lowest BCUT2D eigenvalue weighted by Crippen LogP contribution is -1.81. The summed E-state index contributed by atoms with van der Waals surface area (Å²) in [6.07, 6.45) is -4.21. The van der Waals surface area contributed by atoms with E-state index in [1.807, 2.05) is 0 Å². The normalized spacial score (nSPS) is 7.20. The molecule has 0 heterocycles. The first-order valence-corrected chi connectivity index (χ1v) is 2.14. The summed E-state index contributed by atoms with van der Waals surface area (Å²) in [4.78, 5) is 8.56. The van der Waals surface area contributed by atoms with E-state index in [9.17, 15) is 13.2 Å². The van der Waals surface area contributed by atoms with Crippen LogP contribution in [0.4, 0.5) is 18.0 Å². The molecule has 0 unspecified atom stereocenters. The van der Waals surface area contributed by atoms with E-state index in [1.165, 1.54) is 0 Å². The topological polar surface area (TPSA) is 57.5 Å². The number of thiol groups is 1. The summed E-state index contributed by atoms with van der Waals surface area (Å²) in [5, 5.41) is 12.2. The Labute approximate surface area is 59.2 Å². The molecule has 0 atom stereocenters. The van der Waals surface area contributed by atoms with Gasteiger partial charge in [0.05, 0.1) is 0 Å². The largest absolute Gasteiger partial charge is 0.503 e. The standard InChI is InChI=1S/C2HF3S.CH2O3/c3-1(4)2(5)6;2-1(3)4/h6H;(H2,2,3,4). The summed E-state index contributed by atoms with van der Waals surface area (Å²) in [6.45, 7) is 0. The van der Waals surface area contributed by atoms with Crippen LogP contribution in [0, 0.1) is 0 Å². The zero-order valence-electron chi connectivity index (χ0n) is 4.38. The van der Waals surface area contributed by atoms with Crippen molar-refractivity contribution in [2.75, 3.05) is 0 Å². The number of carboxylic acid groups (broad SMARTS) is 2. The maximum absolute atomic E-state index is 10.8. The Hall–Kier alpha value is -0.850. The van der Waals surface area contributed by atoms with Crippen LogP contribution in [0.1, 0.15) is 0 Å². The zero-order valence-corrected chi connectivity index (χ0v) is 5.28. The van der Waals surface area contributed by atoms with Gasteiger partial charge in [0.2, 0.25) is 5.16 Å². The molecule has 2 N–H and O–H groups in total. The third-order valence-corrected chi connectivity index (χ3v) is 0.325. The molecule has 0 aliphatic carbocycles. The summed E-state index contributed by atoms with van der Waals surface area (Å²) in [5.74, 6) is 0. The van der Waals surface area contributed by atoms with Crippen molar-refractivity contribution in [3.63, 3.8) is 0 Å². The van der Waals surface area contributed by atoms with E-state index >= 15 is 0 Å². The van der Waals surface area contributed by atoms with E-state index in [-0.39, 0.29) is 0 Å². The number of halogens is 3. The van der Waals surface area contributed by atoms with Crippen molar-refractivity contribution in [3.8, 4) is 0 Å². The van der Waals surface area contributed by atoms with Crippen molar-refractivity contribution >= 4 is 18.8 Å². The Bertz CT molecular complexity index is 124. The molecule has 60 valence electrons. The Morgan fingerprint density at radius 1 is 1.20 bits per heavy atom. The highest BCUT2D eigenvalue weighted by Crippen LogP contribution is 2.10. The zero-order chi connectivity index (χ0) is 8.73. The smallest absolute Gasteiger partial charge is 0.450 e. The molecule has 0 aliphatic rings. The van der Waals surface area contributed by atoms with E-state index in [1.54, 1.807) is 0 Å². The van der Waals surface area contributed by atoms with Crippen LogP contribution in [-0.4, -0.2) is 16.4 Å². The summed E-state index contributed by atoms with van der Waals surface area (Å²) >= 11 is 2.66. The van der Waals surface area contributed by atoms with Gasteiger partial charge < -0.3 is 10.2 Å². The van der Waals surface area contributed by atoms with Gasteiger partial charge in [-0.25, -0.2) is 4.79 Å². The van der Waals surface area contributed by atoms with Crippen LogP contribution >= 0.6 is 12.6 Å². The lowest BCUT2D eigenvalue weighted by molar-refractivity contribution is 0.137. The van der Waals surface area contributed by atoms with Gasteiger partial charge in [0.15, 0.2) is 0 Å². The van der Waals surface area contributed by atoms with E-state index in [2.05, 4.69) is 12.6 Å². The van der Waals surface area contributed by atoms with Gasteiger partial charge in [-0.15, -0.1) is 12.6 Å². The van der Waals surface area contributed by atoms with Crippen LogP contribution in [0.5, 0.6) is 0 Å². The summed E-state index contributed by atoms with van der Waals surface area (Å²) < 4.78 is 32.0. The number of hydrogen-bond acceptors (Lipinski definition) is 2. The van der Waals surface area contributed by atoms with Gasteiger partial charge in [-0.05, 0) is 0 Å². The fraction of sp³-hybridized carbons (Fsp3) is 0. The molecule has 0 aliphatic heterocycles.